The normalized spacial score (nSPS) is 10.4. The third-order valence-electron chi connectivity index (χ3n) is 4.19. The van der Waals surface area contributed by atoms with Crippen LogP contribution in [0.5, 0.6) is 5.75 Å². The summed E-state index contributed by atoms with van der Waals surface area (Å²) in [5, 5.41) is 2.84. The van der Waals surface area contributed by atoms with Crippen LogP contribution < -0.4 is 10.1 Å². The lowest BCUT2D eigenvalue weighted by Crippen LogP contribution is -2.13. The number of ether oxygens (including phenoxy) is 3. The molecule has 0 heterocycles. The van der Waals surface area contributed by atoms with Gasteiger partial charge in [-0.15, -0.1) is 0 Å². The van der Waals surface area contributed by atoms with Gasteiger partial charge in [0.1, 0.15) is 5.75 Å². The van der Waals surface area contributed by atoms with Crippen molar-refractivity contribution >= 4 is 17.6 Å². The molecule has 2 rings (SSSR count). The highest BCUT2D eigenvalue weighted by atomic mass is 16.5. The SMILES string of the molecule is CCCCOC(=O)c1ccc(NC(=O)c2ccc(OCC)c(COCC)c2)cc1. The molecule has 6 nitrogen and oxygen atoms in total. The Hall–Kier alpha value is -2.86. The fourth-order valence-corrected chi connectivity index (χ4v) is 2.63. The highest BCUT2D eigenvalue weighted by Gasteiger charge is 2.12. The number of nitrogens with one attached hydrogen (secondary N) is 1. The average Bonchev–Trinajstić information content (AvgIpc) is 2.73. The van der Waals surface area contributed by atoms with Gasteiger partial charge < -0.3 is 19.5 Å². The van der Waals surface area contributed by atoms with Crippen LogP contribution in [0, 0.1) is 0 Å². The quantitative estimate of drug-likeness (QED) is 0.433. The second kappa shape index (κ2) is 11.9. The highest BCUT2D eigenvalue weighted by molar-refractivity contribution is 6.04. The van der Waals surface area contributed by atoms with E-state index in [1.54, 1.807) is 42.5 Å². The zero-order valence-electron chi connectivity index (χ0n) is 17.3. The monoisotopic (exact) mass is 399 g/mol. The molecule has 0 saturated carbocycles. The Kier molecular flexibility index (Phi) is 9.18. The van der Waals surface area contributed by atoms with E-state index in [1.807, 2.05) is 20.8 Å². The van der Waals surface area contributed by atoms with Crippen LogP contribution in [0.15, 0.2) is 42.5 Å². The maximum Gasteiger partial charge on any atom is 0.338 e. The van der Waals surface area contributed by atoms with Gasteiger partial charge in [-0.2, -0.15) is 0 Å². The van der Waals surface area contributed by atoms with Gasteiger partial charge in [-0.25, -0.2) is 4.79 Å². The summed E-state index contributed by atoms with van der Waals surface area (Å²) in [5.41, 5.74) is 2.39. The zero-order chi connectivity index (χ0) is 21.1. The number of hydrogen-bond acceptors (Lipinski definition) is 5. The Morgan fingerprint density at radius 1 is 0.931 bits per heavy atom. The number of hydrogen-bond donors (Lipinski definition) is 1. The molecule has 156 valence electrons. The molecule has 0 atom stereocenters. The lowest BCUT2D eigenvalue weighted by molar-refractivity contribution is 0.0499. The summed E-state index contributed by atoms with van der Waals surface area (Å²) in [6.07, 6.45) is 1.81. The van der Waals surface area contributed by atoms with E-state index >= 15 is 0 Å². The van der Waals surface area contributed by atoms with Crippen LogP contribution in [0.25, 0.3) is 0 Å². The third-order valence-corrected chi connectivity index (χ3v) is 4.19. The number of unbranched alkanes of at least 4 members (excludes halogenated alkanes) is 1. The number of carbonyl (C=O) groups excluding carboxylic acids is 2. The van der Waals surface area contributed by atoms with Crippen molar-refractivity contribution in [1.29, 1.82) is 0 Å². The molecular formula is C23H29NO5. The van der Waals surface area contributed by atoms with Gasteiger partial charge in [0, 0.05) is 23.4 Å². The van der Waals surface area contributed by atoms with Gasteiger partial charge >= 0.3 is 5.97 Å². The van der Waals surface area contributed by atoms with Crippen LogP contribution in [0.4, 0.5) is 5.69 Å². The minimum absolute atomic E-state index is 0.246. The molecule has 0 aromatic heterocycles. The molecular weight excluding hydrogens is 370 g/mol. The Balaban J connectivity index is 2.04. The molecule has 0 fully saturated rings. The first-order valence-electron chi connectivity index (χ1n) is 10.0. The molecule has 0 radical (unpaired) electrons. The van der Waals surface area contributed by atoms with Crippen molar-refractivity contribution < 1.29 is 23.8 Å². The molecule has 0 spiro atoms. The molecule has 6 heteroatoms. The first-order chi connectivity index (χ1) is 14.1. The summed E-state index contributed by atoms with van der Waals surface area (Å²) in [6, 6.07) is 11.9. The van der Waals surface area contributed by atoms with Crippen LogP contribution in [-0.4, -0.2) is 31.7 Å². The Morgan fingerprint density at radius 3 is 2.31 bits per heavy atom. The zero-order valence-corrected chi connectivity index (χ0v) is 17.3. The first kappa shape index (κ1) is 22.4. The lowest BCUT2D eigenvalue weighted by atomic mass is 10.1. The summed E-state index contributed by atoms with van der Waals surface area (Å²) < 4.78 is 16.3. The molecule has 1 amide bonds. The minimum Gasteiger partial charge on any atom is -0.494 e. The summed E-state index contributed by atoms with van der Waals surface area (Å²) >= 11 is 0. The Bertz CT molecular complexity index is 801. The smallest absolute Gasteiger partial charge is 0.338 e. The van der Waals surface area contributed by atoms with E-state index in [0.29, 0.717) is 49.0 Å². The van der Waals surface area contributed by atoms with E-state index < -0.39 is 0 Å². The van der Waals surface area contributed by atoms with Crippen molar-refractivity contribution in [1.82, 2.24) is 0 Å². The predicted molar refractivity (Wildman–Crippen MR) is 113 cm³/mol. The van der Waals surface area contributed by atoms with Crippen molar-refractivity contribution in [2.45, 2.75) is 40.2 Å². The van der Waals surface area contributed by atoms with E-state index in [0.717, 1.165) is 18.4 Å². The van der Waals surface area contributed by atoms with Gasteiger partial charge in [0.2, 0.25) is 0 Å². The maximum absolute atomic E-state index is 12.6. The van der Waals surface area contributed by atoms with Crippen molar-refractivity contribution in [3.05, 3.63) is 59.2 Å². The molecule has 0 unspecified atom stereocenters. The standard InChI is InChI=1S/C23H29NO5/c1-4-7-14-29-23(26)17-8-11-20(12-9-17)24-22(25)18-10-13-21(28-6-3)19(15-18)16-27-5-2/h8-13,15H,4-7,14,16H2,1-3H3,(H,24,25). The largest absolute Gasteiger partial charge is 0.494 e. The summed E-state index contributed by atoms with van der Waals surface area (Å²) in [5.74, 6) is 0.107. The molecule has 2 aromatic carbocycles. The fraction of sp³-hybridized carbons (Fsp3) is 0.391. The second-order valence-electron chi connectivity index (χ2n) is 6.41. The van der Waals surface area contributed by atoms with Gasteiger partial charge in [-0.05, 0) is 62.7 Å². The average molecular weight is 399 g/mol. The van der Waals surface area contributed by atoms with Crippen LogP contribution in [0.3, 0.4) is 0 Å². The molecule has 1 N–H and O–H groups in total. The summed E-state index contributed by atoms with van der Waals surface area (Å²) in [6.45, 7) is 7.77. The van der Waals surface area contributed by atoms with Gasteiger partial charge in [-0.3, -0.25) is 4.79 Å². The molecule has 0 aliphatic rings. The fourth-order valence-electron chi connectivity index (χ4n) is 2.63. The maximum atomic E-state index is 12.6. The molecule has 0 aliphatic heterocycles. The molecule has 0 aliphatic carbocycles. The number of amides is 1. The van der Waals surface area contributed by atoms with Gasteiger partial charge in [0.25, 0.3) is 5.91 Å². The Labute approximate surface area is 172 Å². The van der Waals surface area contributed by atoms with Gasteiger partial charge in [0.15, 0.2) is 0 Å². The molecule has 0 bridgehead atoms. The van der Waals surface area contributed by atoms with Gasteiger partial charge in [-0.1, -0.05) is 13.3 Å². The molecule has 29 heavy (non-hydrogen) atoms. The summed E-state index contributed by atoms with van der Waals surface area (Å²) in [4.78, 5) is 24.6. The topological polar surface area (TPSA) is 73.9 Å². The van der Waals surface area contributed by atoms with Crippen molar-refractivity contribution in [2.75, 3.05) is 25.1 Å². The third kappa shape index (κ3) is 6.91. The summed E-state index contributed by atoms with van der Waals surface area (Å²) in [7, 11) is 0. The number of carbonyl (C=O) groups is 2. The predicted octanol–water partition coefficient (Wildman–Crippen LogP) is 4.83. The highest BCUT2D eigenvalue weighted by Crippen LogP contribution is 2.22. The van der Waals surface area contributed by atoms with E-state index in [4.69, 9.17) is 14.2 Å². The first-order valence-corrected chi connectivity index (χ1v) is 10.0. The minimum atomic E-state index is -0.358. The molecule has 2 aromatic rings. The van der Waals surface area contributed by atoms with E-state index in [1.165, 1.54) is 0 Å². The number of benzene rings is 2. The van der Waals surface area contributed by atoms with Crippen LogP contribution in [0.2, 0.25) is 0 Å². The molecule has 0 saturated heterocycles. The van der Waals surface area contributed by atoms with Crippen molar-refractivity contribution in [3.63, 3.8) is 0 Å². The van der Waals surface area contributed by atoms with E-state index in [9.17, 15) is 9.59 Å². The van der Waals surface area contributed by atoms with Crippen LogP contribution >= 0.6 is 0 Å². The number of rotatable bonds is 11. The van der Waals surface area contributed by atoms with E-state index in [2.05, 4.69) is 5.32 Å². The number of esters is 1. The Morgan fingerprint density at radius 2 is 1.66 bits per heavy atom. The van der Waals surface area contributed by atoms with Crippen LogP contribution in [0.1, 0.15) is 59.9 Å². The van der Waals surface area contributed by atoms with Crippen molar-refractivity contribution in [2.24, 2.45) is 0 Å². The second-order valence-corrected chi connectivity index (χ2v) is 6.41. The van der Waals surface area contributed by atoms with Gasteiger partial charge in [0.05, 0.1) is 25.4 Å². The lowest BCUT2D eigenvalue weighted by Gasteiger charge is -2.12. The number of anilines is 1. The van der Waals surface area contributed by atoms with E-state index in [-0.39, 0.29) is 11.9 Å². The van der Waals surface area contributed by atoms with Crippen LogP contribution in [-0.2, 0) is 16.1 Å². The van der Waals surface area contributed by atoms with Crippen molar-refractivity contribution in [3.8, 4) is 5.75 Å².